The molecule has 1 atom stereocenters. The smallest absolute Gasteiger partial charge is 0.0467 e. The van der Waals surface area contributed by atoms with Crippen LogP contribution in [0, 0.1) is 19.8 Å². The summed E-state index contributed by atoms with van der Waals surface area (Å²) in [5, 5.41) is 0. The number of hydrogen-bond donors (Lipinski definition) is 1. The van der Waals surface area contributed by atoms with Crippen molar-refractivity contribution in [3.63, 3.8) is 0 Å². The highest BCUT2D eigenvalue weighted by molar-refractivity contribution is 5.31. The molecule has 112 valence electrons. The minimum Gasteiger partial charge on any atom is -0.329 e. The third kappa shape index (κ3) is 3.83. The van der Waals surface area contributed by atoms with Gasteiger partial charge >= 0.3 is 0 Å². The molecule has 1 fully saturated rings. The first-order valence-corrected chi connectivity index (χ1v) is 8.09. The number of nitrogens with zero attached hydrogens (tertiary/aromatic N) is 1. The highest BCUT2D eigenvalue weighted by atomic mass is 15.1. The molecule has 1 aromatic rings. The van der Waals surface area contributed by atoms with Crippen LogP contribution in [0.25, 0.3) is 0 Å². The first-order valence-electron chi connectivity index (χ1n) is 8.09. The molecule has 2 rings (SSSR count). The van der Waals surface area contributed by atoms with E-state index in [-0.39, 0.29) is 0 Å². The molecule has 2 N–H and O–H groups in total. The van der Waals surface area contributed by atoms with Crippen molar-refractivity contribution in [3.8, 4) is 0 Å². The Morgan fingerprint density at radius 3 is 2.45 bits per heavy atom. The summed E-state index contributed by atoms with van der Waals surface area (Å²) in [6.45, 7) is 6.25. The lowest BCUT2D eigenvalue weighted by molar-refractivity contribution is 0.185. The molecule has 1 aliphatic carbocycles. The predicted molar refractivity (Wildman–Crippen MR) is 86.9 cm³/mol. The molecule has 0 amide bonds. The molecule has 1 aliphatic rings. The fourth-order valence-corrected chi connectivity index (χ4v) is 3.45. The lowest BCUT2D eigenvalue weighted by Crippen LogP contribution is -2.35. The summed E-state index contributed by atoms with van der Waals surface area (Å²) in [5.41, 5.74) is 10.2. The summed E-state index contributed by atoms with van der Waals surface area (Å²) < 4.78 is 0. The summed E-state index contributed by atoms with van der Waals surface area (Å²) in [5.74, 6) is 0.870. The van der Waals surface area contributed by atoms with Crippen LogP contribution in [0.2, 0.25) is 0 Å². The molecule has 1 aromatic carbocycles. The zero-order chi connectivity index (χ0) is 14.5. The van der Waals surface area contributed by atoms with E-state index in [1.807, 2.05) is 0 Å². The molecule has 0 saturated heterocycles. The number of rotatable bonds is 5. The lowest BCUT2D eigenvalue weighted by Gasteiger charge is -2.32. The third-order valence-electron chi connectivity index (χ3n) is 4.94. The second-order valence-corrected chi connectivity index (χ2v) is 6.54. The van der Waals surface area contributed by atoms with E-state index in [1.165, 1.54) is 55.3 Å². The van der Waals surface area contributed by atoms with E-state index in [0.717, 1.165) is 5.92 Å². The van der Waals surface area contributed by atoms with E-state index in [4.69, 9.17) is 5.73 Å². The van der Waals surface area contributed by atoms with Gasteiger partial charge in [-0.05, 0) is 56.3 Å². The zero-order valence-electron chi connectivity index (χ0n) is 13.4. The maximum atomic E-state index is 6.06. The minimum atomic E-state index is 0.358. The Kier molecular flexibility index (Phi) is 5.62. The van der Waals surface area contributed by atoms with Crippen LogP contribution in [0.3, 0.4) is 0 Å². The Balaban J connectivity index is 2.03. The molecule has 0 bridgehead atoms. The van der Waals surface area contributed by atoms with Crippen LogP contribution >= 0.6 is 0 Å². The van der Waals surface area contributed by atoms with Crippen molar-refractivity contribution < 1.29 is 0 Å². The van der Waals surface area contributed by atoms with Crippen molar-refractivity contribution in [2.75, 3.05) is 20.1 Å². The fraction of sp³-hybridized carbons (Fsp3) is 0.667. The first kappa shape index (κ1) is 15.5. The van der Waals surface area contributed by atoms with Crippen LogP contribution in [0.5, 0.6) is 0 Å². The lowest BCUT2D eigenvalue weighted by atomic mass is 9.88. The third-order valence-corrected chi connectivity index (χ3v) is 4.94. The van der Waals surface area contributed by atoms with Gasteiger partial charge < -0.3 is 5.73 Å². The van der Waals surface area contributed by atoms with E-state index in [1.54, 1.807) is 0 Å². The van der Waals surface area contributed by atoms with Gasteiger partial charge in [0.25, 0.3) is 0 Å². The fourth-order valence-electron chi connectivity index (χ4n) is 3.45. The highest BCUT2D eigenvalue weighted by Crippen LogP contribution is 2.27. The van der Waals surface area contributed by atoms with Gasteiger partial charge in [0, 0.05) is 19.1 Å². The molecule has 1 unspecified atom stereocenters. The Hall–Kier alpha value is -0.860. The van der Waals surface area contributed by atoms with Gasteiger partial charge in [0.15, 0.2) is 0 Å². The van der Waals surface area contributed by atoms with Crippen molar-refractivity contribution in [1.82, 2.24) is 4.90 Å². The Bertz CT molecular complexity index is 421. The van der Waals surface area contributed by atoms with E-state index in [9.17, 15) is 0 Å². The van der Waals surface area contributed by atoms with Gasteiger partial charge in [-0.15, -0.1) is 0 Å². The van der Waals surface area contributed by atoms with Crippen LogP contribution < -0.4 is 5.73 Å². The summed E-state index contributed by atoms with van der Waals surface area (Å²) in [4.78, 5) is 2.47. The molecule has 0 aliphatic heterocycles. The van der Waals surface area contributed by atoms with Crippen molar-refractivity contribution in [2.24, 2.45) is 11.7 Å². The molecule has 0 spiro atoms. The van der Waals surface area contributed by atoms with Gasteiger partial charge in [0.05, 0.1) is 0 Å². The van der Waals surface area contributed by atoms with Gasteiger partial charge in [-0.1, -0.05) is 37.5 Å². The number of aryl methyl sites for hydroxylation is 2. The Labute approximate surface area is 124 Å². The van der Waals surface area contributed by atoms with Gasteiger partial charge in [-0.2, -0.15) is 0 Å². The Morgan fingerprint density at radius 2 is 1.85 bits per heavy atom. The SMILES string of the molecule is Cc1ccc(C(CN)N(C)CC2CCCCC2)cc1C. The molecule has 1 saturated carbocycles. The van der Waals surface area contributed by atoms with Crippen molar-refractivity contribution >= 4 is 0 Å². The van der Waals surface area contributed by atoms with Gasteiger partial charge in [0.2, 0.25) is 0 Å². The predicted octanol–water partition coefficient (Wildman–Crippen LogP) is 3.82. The average molecular weight is 274 g/mol. The summed E-state index contributed by atoms with van der Waals surface area (Å²) in [6, 6.07) is 7.14. The normalized spacial score (nSPS) is 18.4. The summed E-state index contributed by atoms with van der Waals surface area (Å²) in [6.07, 6.45) is 7.05. The number of hydrogen-bond acceptors (Lipinski definition) is 2. The molecule has 2 heteroatoms. The van der Waals surface area contributed by atoms with E-state index < -0.39 is 0 Å². The number of likely N-dealkylation sites (N-methyl/N-ethyl adjacent to an activating group) is 1. The molecular formula is C18H30N2. The monoisotopic (exact) mass is 274 g/mol. The number of benzene rings is 1. The molecule has 0 aromatic heterocycles. The topological polar surface area (TPSA) is 29.3 Å². The quantitative estimate of drug-likeness (QED) is 0.884. The molecule has 2 nitrogen and oxygen atoms in total. The molecule has 20 heavy (non-hydrogen) atoms. The van der Waals surface area contributed by atoms with Crippen LogP contribution in [0.15, 0.2) is 18.2 Å². The van der Waals surface area contributed by atoms with Gasteiger partial charge in [0.1, 0.15) is 0 Å². The van der Waals surface area contributed by atoms with Crippen molar-refractivity contribution in [2.45, 2.75) is 52.0 Å². The summed E-state index contributed by atoms with van der Waals surface area (Å²) >= 11 is 0. The minimum absolute atomic E-state index is 0.358. The summed E-state index contributed by atoms with van der Waals surface area (Å²) in [7, 11) is 2.24. The molecular weight excluding hydrogens is 244 g/mol. The van der Waals surface area contributed by atoms with Crippen molar-refractivity contribution in [3.05, 3.63) is 34.9 Å². The van der Waals surface area contributed by atoms with Crippen LogP contribution in [0.4, 0.5) is 0 Å². The Morgan fingerprint density at radius 1 is 1.15 bits per heavy atom. The van der Waals surface area contributed by atoms with E-state index >= 15 is 0 Å². The standard InChI is InChI=1S/C18H30N2/c1-14-9-10-17(11-15(14)2)18(12-19)20(3)13-16-7-5-4-6-8-16/h9-11,16,18H,4-8,12-13,19H2,1-3H3. The zero-order valence-corrected chi connectivity index (χ0v) is 13.4. The van der Waals surface area contributed by atoms with E-state index in [2.05, 4.69) is 44.0 Å². The van der Waals surface area contributed by atoms with E-state index in [0.29, 0.717) is 12.6 Å². The maximum Gasteiger partial charge on any atom is 0.0467 e. The average Bonchev–Trinajstić information content (AvgIpc) is 2.44. The number of nitrogens with two attached hydrogens (primary N) is 1. The first-order chi connectivity index (χ1) is 9.61. The van der Waals surface area contributed by atoms with Crippen LogP contribution in [0.1, 0.15) is 54.8 Å². The van der Waals surface area contributed by atoms with Crippen molar-refractivity contribution in [1.29, 1.82) is 0 Å². The van der Waals surface area contributed by atoms with Gasteiger partial charge in [-0.25, -0.2) is 0 Å². The maximum absolute atomic E-state index is 6.06. The second-order valence-electron chi connectivity index (χ2n) is 6.54. The second kappa shape index (κ2) is 7.24. The molecule has 0 heterocycles. The highest BCUT2D eigenvalue weighted by Gasteiger charge is 2.21. The largest absolute Gasteiger partial charge is 0.329 e. The van der Waals surface area contributed by atoms with Gasteiger partial charge in [-0.3, -0.25) is 4.90 Å². The van der Waals surface area contributed by atoms with Crippen LogP contribution in [-0.4, -0.2) is 25.0 Å². The van der Waals surface area contributed by atoms with Crippen LogP contribution in [-0.2, 0) is 0 Å². The molecule has 0 radical (unpaired) electrons.